The van der Waals surface area contributed by atoms with Gasteiger partial charge in [0.1, 0.15) is 0 Å². The Hall–Kier alpha value is -2.04. The molecule has 3 aliphatic rings. The lowest BCUT2D eigenvalue weighted by Gasteiger charge is -2.28. The molecule has 0 aromatic heterocycles. The van der Waals surface area contributed by atoms with E-state index in [0.717, 1.165) is 48.2 Å². The standard InChI is InChI=1S/C19H19ClN2O2/c20-14-3-6-18-16(12-14)17(19(23)21-18)11-13-1-4-15(5-2-13)22-7-9-24-10-8-22/h1-6,11,16H,7-10,12H2,(H,21,23). The second-order valence-corrected chi connectivity index (χ2v) is 6.72. The number of nitrogens with zero attached hydrogens (tertiary/aromatic N) is 1. The number of hydrogen-bond acceptors (Lipinski definition) is 3. The van der Waals surface area contributed by atoms with Crippen molar-refractivity contribution in [2.24, 2.45) is 5.92 Å². The van der Waals surface area contributed by atoms with E-state index in [0.29, 0.717) is 6.42 Å². The van der Waals surface area contributed by atoms with Crippen LogP contribution in [0.3, 0.4) is 0 Å². The first-order valence-electron chi connectivity index (χ1n) is 8.23. The molecule has 0 saturated carbocycles. The van der Waals surface area contributed by atoms with Crippen LogP contribution in [0.2, 0.25) is 0 Å². The Morgan fingerprint density at radius 3 is 2.67 bits per heavy atom. The van der Waals surface area contributed by atoms with E-state index in [4.69, 9.17) is 16.3 Å². The van der Waals surface area contributed by atoms with Crippen molar-refractivity contribution >= 4 is 29.3 Å². The van der Waals surface area contributed by atoms with Gasteiger partial charge in [0.25, 0.3) is 5.91 Å². The zero-order valence-electron chi connectivity index (χ0n) is 13.3. The van der Waals surface area contributed by atoms with E-state index in [9.17, 15) is 4.79 Å². The summed E-state index contributed by atoms with van der Waals surface area (Å²) in [7, 11) is 0. The predicted octanol–water partition coefficient (Wildman–Crippen LogP) is 3.06. The molecule has 0 radical (unpaired) electrons. The molecule has 2 heterocycles. The van der Waals surface area contributed by atoms with Gasteiger partial charge in [-0.2, -0.15) is 0 Å². The molecule has 1 aliphatic carbocycles. The van der Waals surface area contributed by atoms with Crippen molar-refractivity contribution in [1.82, 2.24) is 5.32 Å². The molecule has 2 saturated heterocycles. The maximum atomic E-state index is 12.3. The molecule has 4 rings (SSSR count). The molecule has 5 heteroatoms. The molecular weight excluding hydrogens is 324 g/mol. The Morgan fingerprint density at radius 2 is 1.92 bits per heavy atom. The number of halogens is 1. The molecule has 1 aromatic rings. The number of nitrogens with one attached hydrogen (secondary N) is 1. The first kappa shape index (κ1) is 15.5. The van der Waals surface area contributed by atoms with Crippen LogP contribution in [0, 0.1) is 5.92 Å². The smallest absolute Gasteiger partial charge is 0.252 e. The molecule has 2 aliphatic heterocycles. The number of morpholine rings is 1. The van der Waals surface area contributed by atoms with Crippen LogP contribution >= 0.6 is 11.6 Å². The molecule has 1 unspecified atom stereocenters. The highest BCUT2D eigenvalue weighted by atomic mass is 35.5. The van der Waals surface area contributed by atoms with Gasteiger partial charge in [0, 0.05) is 41.0 Å². The lowest BCUT2D eigenvalue weighted by atomic mass is 9.91. The van der Waals surface area contributed by atoms with Crippen LogP contribution in [0.5, 0.6) is 0 Å². The SMILES string of the molecule is O=C1NC2=CC=C(Cl)CC2C1=Cc1ccc(N2CCOCC2)cc1. The van der Waals surface area contributed by atoms with Crippen molar-refractivity contribution in [3.8, 4) is 0 Å². The fourth-order valence-electron chi connectivity index (χ4n) is 3.39. The third kappa shape index (κ3) is 2.99. The van der Waals surface area contributed by atoms with Crippen molar-refractivity contribution < 1.29 is 9.53 Å². The van der Waals surface area contributed by atoms with E-state index < -0.39 is 0 Å². The van der Waals surface area contributed by atoms with Crippen molar-refractivity contribution in [2.75, 3.05) is 31.2 Å². The lowest BCUT2D eigenvalue weighted by Crippen LogP contribution is -2.36. The van der Waals surface area contributed by atoms with Gasteiger partial charge in [0.2, 0.25) is 0 Å². The monoisotopic (exact) mass is 342 g/mol. The molecule has 0 bridgehead atoms. The molecule has 4 nitrogen and oxygen atoms in total. The zero-order valence-corrected chi connectivity index (χ0v) is 14.1. The Kier molecular flexibility index (Phi) is 4.17. The molecular formula is C19H19ClN2O2. The van der Waals surface area contributed by atoms with Crippen LogP contribution in [0.25, 0.3) is 6.08 Å². The van der Waals surface area contributed by atoms with Gasteiger partial charge in [-0.3, -0.25) is 4.79 Å². The minimum absolute atomic E-state index is 0.0247. The Morgan fingerprint density at radius 1 is 1.17 bits per heavy atom. The normalized spacial score (nSPS) is 25.2. The molecule has 124 valence electrons. The van der Waals surface area contributed by atoms with Gasteiger partial charge in [-0.05, 0) is 42.3 Å². The minimum atomic E-state index is -0.0247. The van der Waals surface area contributed by atoms with Crippen LogP contribution in [0.4, 0.5) is 5.69 Å². The van der Waals surface area contributed by atoms with E-state index in [1.807, 2.05) is 18.2 Å². The van der Waals surface area contributed by atoms with E-state index in [1.54, 1.807) is 0 Å². The Labute approximate surface area is 146 Å². The molecule has 1 atom stereocenters. The second kappa shape index (κ2) is 6.46. The van der Waals surface area contributed by atoms with Gasteiger partial charge in [-0.1, -0.05) is 23.7 Å². The van der Waals surface area contributed by atoms with Crippen molar-refractivity contribution in [3.63, 3.8) is 0 Å². The summed E-state index contributed by atoms with van der Waals surface area (Å²) >= 11 is 6.14. The summed E-state index contributed by atoms with van der Waals surface area (Å²) in [5.74, 6) is 0.0252. The van der Waals surface area contributed by atoms with Gasteiger partial charge >= 0.3 is 0 Å². The van der Waals surface area contributed by atoms with Gasteiger partial charge in [0.15, 0.2) is 0 Å². The summed E-state index contributed by atoms with van der Waals surface area (Å²) < 4.78 is 5.39. The third-order valence-electron chi connectivity index (χ3n) is 4.71. The fourth-order valence-corrected chi connectivity index (χ4v) is 3.60. The fraction of sp³-hybridized carbons (Fsp3) is 0.316. The first-order chi connectivity index (χ1) is 11.7. The number of amides is 1. The van der Waals surface area contributed by atoms with Crippen LogP contribution in [0.1, 0.15) is 12.0 Å². The van der Waals surface area contributed by atoms with Gasteiger partial charge in [-0.25, -0.2) is 0 Å². The Bertz CT molecular complexity index is 743. The summed E-state index contributed by atoms with van der Waals surface area (Å²) in [5.41, 5.74) is 3.96. The maximum absolute atomic E-state index is 12.3. The zero-order chi connectivity index (χ0) is 16.5. The number of carbonyl (C=O) groups is 1. The van der Waals surface area contributed by atoms with Crippen LogP contribution < -0.4 is 10.2 Å². The van der Waals surface area contributed by atoms with E-state index >= 15 is 0 Å². The summed E-state index contributed by atoms with van der Waals surface area (Å²) in [6, 6.07) is 8.34. The van der Waals surface area contributed by atoms with Crippen molar-refractivity contribution in [1.29, 1.82) is 0 Å². The summed E-state index contributed by atoms with van der Waals surface area (Å²) in [4.78, 5) is 14.6. The third-order valence-corrected chi connectivity index (χ3v) is 4.99. The molecule has 1 amide bonds. The van der Waals surface area contributed by atoms with Crippen molar-refractivity contribution in [3.05, 3.63) is 58.3 Å². The number of rotatable bonds is 2. The van der Waals surface area contributed by atoms with Gasteiger partial charge in [0.05, 0.1) is 13.2 Å². The van der Waals surface area contributed by atoms with Crippen LogP contribution in [-0.2, 0) is 9.53 Å². The summed E-state index contributed by atoms with van der Waals surface area (Å²) in [6.07, 6.45) is 6.41. The molecule has 1 N–H and O–H groups in total. The average molecular weight is 343 g/mol. The molecule has 1 aromatic carbocycles. The number of allylic oxidation sites excluding steroid dienone is 4. The molecule has 0 spiro atoms. The summed E-state index contributed by atoms with van der Waals surface area (Å²) in [6.45, 7) is 3.39. The maximum Gasteiger partial charge on any atom is 0.252 e. The molecule has 24 heavy (non-hydrogen) atoms. The van der Waals surface area contributed by atoms with Crippen molar-refractivity contribution in [2.45, 2.75) is 6.42 Å². The first-order valence-corrected chi connectivity index (χ1v) is 8.60. The second-order valence-electron chi connectivity index (χ2n) is 6.24. The van der Waals surface area contributed by atoms with E-state index in [-0.39, 0.29) is 11.8 Å². The van der Waals surface area contributed by atoms with Gasteiger partial charge < -0.3 is 15.0 Å². The lowest BCUT2D eigenvalue weighted by molar-refractivity contribution is -0.115. The van der Waals surface area contributed by atoms with Crippen LogP contribution in [-0.4, -0.2) is 32.2 Å². The van der Waals surface area contributed by atoms with E-state index in [1.165, 1.54) is 5.69 Å². The highest BCUT2D eigenvalue weighted by Gasteiger charge is 2.34. The number of hydrogen-bond donors (Lipinski definition) is 1. The number of benzene rings is 1. The highest BCUT2D eigenvalue weighted by molar-refractivity contribution is 6.30. The highest BCUT2D eigenvalue weighted by Crippen LogP contribution is 2.37. The largest absolute Gasteiger partial charge is 0.378 e. The van der Waals surface area contributed by atoms with E-state index in [2.05, 4.69) is 34.5 Å². The Balaban J connectivity index is 1.55. The number of ether oxygens (including phenoxy) is 1. The number of carbonyl (C=O) groups excluding carboxylic acids is 1. The molecule has 2 fully saturated rings. The van der Waals surface area contributed by atoms with Gasteiger partial charge in [-0.15, -0.1) is 0 Å². The number of fused-ring (bicyclic) bond motifs is 1. The van der Waals surface area contributed by atoms with Crippen LogP contribution in [0.15, 0.2) is 52.7 Å². The quantitative estimate of drug-likeness (QED) is 0.840. The minimum Gasteiger partial charge on any atom is -0.378 e. The predicted molar refractivity (Wildman–Crippen MR) is 95.7 cm³/mol. The topological polar surface area (TPSA) is 41.6 Å². The average Bonchev–Trinajstić information content (AvgIpc) is 2.92. The number of anilines is 1. The summed E-state index contributed by atoms with van der Waals surface area (Å²) in [5, 5.41) is 3.72.